The molecule has 0 aromatic carbocycles. The fraction of sp³-hybridized carbons (Fsp3) is 1.00. The molecule has 0 bridgehead atoms. The van der Waals surface area contributed by atoms with E-state index in [2.05, 4.69) is 0 Å². The molecule has 0 aromatic heterocycles. The second-order valence-electron chi connectivity index (χ2n) is 2.53. The van der Waals surface area contributed by atoms with Crippen molar-refractivity contribution in [2.24, 2.45) is 0 Å². The highest BCUT2D eigenvalue weighted by Gasteiger charge is 2.40. The zero-order valence-corrected chi connectivity index (χ0v) is 6.52. The predicted octanol–water partition coefficient (Wildman–Crippen LogP) is 0.861. The van der Waals surface area contributed by atoms with Gasteiger partial charge < -0.3 is 5.11 Å². The average Bonchev–Trinajstić information content (AvgIpc) is 1.79. The van der Waals surface area contributed by atoms with Crippen LogP contribution < -0.4 is 0 Å². The Labute approximate surface area is 63.6 Å². The summed E-state index contributed by atoms with van der Waals surface area (Å²) in [6, 6.07) is -1.53. The number of halogens is 3. The van der Waals surface area contributed by atoms with Crippen molar-refractivity contribution in [3.63, 3.8) is 0 Å². The number of aliphatic hydroxyl groups is 1. The molecule has 68 valence electrons. The fourth-order valence-electron chi connectivity index (χ4n) is 0.837. The highest BCUT2D eigenvalue weighted by molar-refractivity contribution is 4.73. The first kappa shape index (κ1) is 10.7. The van der Waals surface area contributed by atoms with Crippen molar-refractivity contribution in [1.29, 1.82) is 0 Å². The summed E-state index contributed by atoms with van der Waals surface area (Å²) in [4.78, 5) is 1.05. The molecule has 0 aromatic rings. The molecule has 11 heavy (non-hydrogen) atoms. The molecule has 0 spiro atoms. The van der Waals surface area contributed by atoms with Crippen molar-refractivity contribution < 1.29 is 18.3 Å². The number of rotatable bonds is 3. The summed E-state index contributed by atoms with van der Waals surface area (Å²) < 4.78 is 36.0. The van der Waals surface area contributed by atoms with Crippen LogP contribution in [0.5, 0.6) is 0 Å². The van der Waals surface area contributed by atoms with E-state index in [-0.39, 0.29) is 6.42 Å². The van der Waals surface area contributed by atoms with Crippen molar-refractivity contribution in [2.45, 2.75) is 18.6 Å². The fourth-order valence-corrected chi connectivity index (χ4v) is 0.837. The molecule has 0 radical (unpaired) electrons. The molecule has 2 nitrogen and oxygen atoms in total. The van der Waals surface area contributed by atoms with Crippen LogP contribution in [0.25, 0.3) is 0 Å². The molecule has 1 unspecified atom stereocenters. The van der Waals surface area contributed by atoms with Gasteiger partial charge in [0.05, 0.1) is 0 Å². The second kappa shape index (κ2) is 3.92. The van der Waals surface area contributed by atoms with Crippen molar-refractivity contribution in [1.82, 2.24) is 4.90 Å². The number of alkyl halides is 3. The standard InChI is InChI=1S/C6H12F3NO/c1-10(2)5(3-4-11)6(7,8)9/h5,11H,3-4H2,1-2H3. The molecule has 0 heterocycles. The molecular formula is C6H12F3NO. The molecule has 0 amide bonds. The van der Waals surface area contributed by atoms with Gasteiger partial charge in [-0.25, -0.2) is 0 Å². The van der Waals surface area contributed by atoms with Crippen LogP contribution in [0, 0.1) is 0 Å². The third-order valence-electron chi connectivity index (χ3n) is 1.40. The smallest absolute Gasteiger partial charge is 0.396 e. The van der Waals surface area contributed by atoms with Gasteiger partial charge in [-0.05, 0) is 20.5 Å². The summed E-state index contributed by atoms with van der Waals surface area (Å²) in [7, 11) is 2.68. The maximum Gasteiger partial charge on any atom is 0.404 e. The monoisotopic (exact) mass is 171 g/mol. The number of nitrogens with zero attached hydrogens (tertiary/aromatic N) is 1. The Morgan fingerprint density at radius 1 is 1.36 bits per heavy atom. The molecular weight excluding hydrogens is 159 g/mol. The van der Waals surface area contributed by atoms with Gasteiger partial charge in [-0.1, -0.05) is 0 Å². The number of hydrogen-bond acceptors (Lipinski definition) is 2. The Kier molecular flexibility index (Phi) is 3.82. The van der Waals surface area contributed by atoms with Gasteiger partial charge in [-0.15, -0.1) is 0 Å². The lowest BCUT2D eigenvalue weighted by Crippen LogP contribution is -2.41. The molecule has 0 aliphatic carbocycles. The highest BCUT2D eigenvalue weighted by Crippen LogP contribution is 2.25. The molecule has 0 aliphatic rings. The zero-order valence-electron chi connectivity index (χ0n) is 6.52. The molecule has 5 heteroatoms. The lowest BCUT2D eigenvalue weighted by molar-refractivity contribution is -0.180. The lowest BCUT2D eigenvalue weighted by atomic mass is 10.2. The third-order valence-corrected chi connectivity index (χ3v) is 1.40. The first-order valence-electron chi connectivity index (χ1n) is 3.23. The van der Waals surface area contributed by atoms with Crippen LogP contribution in [0.1, 0.15) is 6.42 Å². The minimum atomic E-state index is -4.24. The summed E-state index contributed by atoms with van der Waals surface area (Å²) in [6.07, 6.45) is -4.51. The van der Waals surface area contributed by atoms with E-state index in [1.54, 1.807) is 0 Å². The SMILES string of the molecule is CN(C)C(CCO)C(F)(F)F. The van der Waals surface area contributed by atoms with E-state index in [9.17, 15) is 13.2 Å². The van der Waals surface area contributed by atoms with Crippen LogP contribution in [0.4, 0.5) is 13.2 Å². The maximum absolute atomic E-state index is 12.0. The van der Waals surface area contributed by atoms with Crippen molar-refractivity contribution in [3.05, 3.63) is 0 Å². The van der Waals surface area contributed by atoms with Crippen molar-refractivity contribution in [2.75, 3.05) is 20.7 Å². The van der Waals surface area contributed by atoms with Crippen LogP contribution in [-0.2, 0) is 0 Å². The molecule has 1 atom stereocenters. The van der Waals surface area contributed by atoms with Gasteiger partial charge in [0.15, 0.2) is 0 Å². The molecule has 0 saturated heterocycles. The third kappa shape index (κ3) is 3.57. The highest BCUT2D eigenvalue weighted by atomic mass is 19.4. The van der Waals surface area contributed by atoms with Crippen LogP contribution in [-0.4, -0.2) is 42.9 Å². The van der Waals surface area contributed by atoms with E-state index >= 15 is 0 Å². The largest absolute Gasteiger partial charge is 0.404 e. The zero-order chi connectivity index (χ0) is 9.07. The number of aliphatic hydroxyl groups excluding tert-OH is 1. The van der Waals surface area contributed by atoms with Crippen LogP contribution in [0.15, 0.2) is 0 Å². The van der Waals surface area contributed by atoms with Crippen LogP contribution >= 0.6 is 0 Å². The van der Waals surface area contributed by atoms with Crippen molar-refractivity contribution in [3.8, 4) is 0 Å². The Hall–Kier alpha value is -0.290. The summed E-state index contributed by atoms with van der Waals surface area (Å²) in [5, 5.41) is 8.32. The van der Waals surface area contributed by atoms with Crippen molar-refractivity contribution >= 4 is 0 Å². The summed E-state index contributed by atoms with van der Waals surface area (Å²) >= 11 is 0. The minimum Gasteiger partial charge on any atom is -0.396 e. The normalized spacial score (nSPS) is 15.5. The topological polar surface area (TPSA) is 23.5 Å². The quantitative estimate of drug-likeness (QED) is 0.680. The van der Waals surface area contributed by atoms with Gasteiger partial charge in [0.25, 0.3) is 0 Å². The molecule has 0 saturated carbocycles. The Morgan fingerprint density at radius 3 is 1.91 bits per heavy atom. The summed E-state index contributed by atoms with van der Waals surface area (Å²) in [6.45, 7) is -0.442. The Morgan fingerprint density at radius 2 is 1.82 bits per heavy atom. The van der Waals surface area contributed by atoms with Crippen LogP contribution in [0.2, 0.25) is 0 Å². The lowest BCUT2D eigenvalue weighted by Gasteiger charge is -2.25. The average molecular weight is 171 g/mol. The van der Waals surface area contributed by atoms with Crippen LogP contribution in [0.3, 0.4) is 0 Å². The minimum absolute atomic E-state index is 0.267. The van der Waals surface area contributed by atoms with E-state index in [0.29, 0.717) is 0 Å². The van der Waals surface area contributed by atoms with Gasteiger partial charge in [-0.2, -0.15) is 13.2 Å². The van der Waals surface area contributed by atoms with E-state index in [1.165, 1.54) is 14.1 Å². The van der Waals surface area contributed by atoms with E-state index in [0.717, 1.165) is 4.90 Å². The number of hydrogen-bond donors (Lipinski definition) is 1. The van der Waals surface area contributed by atoms with Gasteiger partial charge in [0.2, 0.25) is 0 Å². The van der Waals surface area contributed by atoms with E-state index < -0.39 is 18.8 Å². The Bertz CT molecular complexity index is 113. The van der Waals surface area contributed by atoms with Gasteiger partial charge in [-0.3, -0.25) is 4.90 Å². The molecule has 0 fully saturated rings. The Balaban J connectivity index is 4.10. The summed E-state index contributed by atoms with van der Waals surface area (Å²) in [5.41, 5.74) is 0. The van der Waals surface area contributed by atoms with Gasteiger partial charge in [0.1, 0.15) is 6.04 Å². The van der Waals surface area contributed by atoms with Gasteiger partial charge in [0, 0.05) is 6.61 Å². The molecule has 1 N–H and O–H groups in total. The van der Waals surface area contributed by atoms with E-state index in [4.69, 9.17) is 5.11 Å². The molecule has 0 rings (SSSR count). The second-order valence-corrected chi connectivity index (χ2v) is 2.53. The maximum atomic E-state index is 12.0. The van der Waals surface area contributed by atoms with Gasteiger partial charge >= 0.3 is 6.18 Å². The first-order valence-corrected chi connectivity index (χ1v) is 3.23. The molecule has 0 aliphatic heterocycles. The van der Waals surface area contributed by atoms with E-state index in [1.807, 2.05) is 0 Å². The summed E-state index contributed by atoms with van der Waals surface area (Å²) in [5.74, 6) is 0. The predicted molar refractivity (Wildman–Crippen MR) is 35.2 cm³/mol. The first-order chi connectivity index (χ1) is 4.89.